The van der Waals surface area contributed by atoms with Gasteiger partial charge in [-0.2, -0.15) is 5.10 Å². The molecule has 0 fully saturated rings. The molecule has 2 N–H and O–H groups in total. The van der Waals surface area contributed by atoms with Crippen LogP contribution in [0.4, 0.5) is 0 Å². The van der Waals surface area contributed by atoms with Gasteiger partial charge in [-0.1, -0.05) is 12.7 Å². The normalized spacial score (nSPS) is 24.4. The highest BCUT2D eigenvalue weighted by Gasteiger charge is 2.12. The van der Waals surface area contributed by atoms with Gasteiger partial charge in [-0.15, -0.1) is 9.63 Å². The Balaban J connectivity index is 2.86. The first-order valence-corrected chi connectivity index (χ1v) is 3.35. The molecule has 4 nitrogen and oxygen atoms in total. The van der Waals surface area contributed by atoms with Gasteiger partial charge in [0.05, 0.1) is 11.9 Å². The largest absolute Gasteiger partial charge is 0.322 e. The predicted molar refractivity (Wildman–Crippen MR) is 42.3 cm³/mol. The van der Waals surface area contributed by atoms with Crippen LogP contribution in [0.1, 0.15) is 0 Å². The van der Waals surface area contributed by atoms with Crippen LogP contribution in [0.5, 0.6) is 0 Å². The Morgan fingerprint density at radius 2 is 2.50 bits per heavy atom. The van der Waals surface area contributed by atoms with Gasteiger partial charge in [-0.05, 0) is 6.08 Å². The summed E-state index contributed by atoms with van der Waals surface area (Å²) in [6.45, 7) is 3.51. The Bertz CT molecular complexity index is 228. The molecule has 0 aromatic carbocycles. The monoisotopic (exact) mass is 154 g/mol. The van der Waals surface area contributed by atoms with Crippen molar-refractivity contribution in [2.45, 2.75) is 0 Å². The first kappa shape index (κ1) is 7.01. The summed E-state index contributed by atoms with van der Waals surface area (Å²) in [5, 5.41) is 7.83. The van der Waals surface area contributed by atoms with Crippen molar-refractivity contribution in [2.75, 3.05) is 0 Å². The van der Waals surface area contributed by atoms with Gasteiger partial charge in [-0.3, -0.25) is 0 Å². The topological polar surface area (TPSA) is 63.1 Å². The van der Waals surface area contributed by atoms with Gasteiger partial charge in [0.25, 0.3) is 0 Å². The minimum absolute atomic E-state index is 0.625. The molecule has 1 rings (SSSR count). The number of nitrogens with two attached hydrogens (primary N) is 1. The van der Waals surface area contributed by atoms with Gasteiger partial charge in [0.1, 0.15) is 5.70 Å². The molecule has 0 amide bonds. The summed E-state index contributed by atoms with van der Waals surface area (Å²) in [4.78, 5) is 0. The van der Waals surface area contributed by atoms with Crippen LogP contribution in [0.25, 0.3) is 0 Å². The van der Waals surface area contributed by atoms with E-state index >= 15 is 0 Å². The van der Waals surface area contributed by atoms with Crippen LogP contribution in [-0.2, 0) is 0 Å². The highest BCUT2D eigenvalue weighted by Crippen LogP contribution is 2.23. The third kappa shape index (κ3) is 1.24. The van der Waals surface area contributed by atoms with Crippen molar-refractivity contribution in [2.24, 2.45) is 20.6 Å². The molecule has 10 heavy (non-hydrogen) atoms. The molecule has 0 aromatic heterocycles. The number of allylic oxidation sites excluding steroid dienone is 2. The number of hydrazone groups is 1. The third-order valence-electron chi connectivity index (χ3n) is 0.888. The van der Waals surface area contributed by atoms with Crippen molar-refractivity contribution in [3.8, 4) is 0 Å². The summed E-state index contributed by atoms with van der Waals surface area (Å²) in [5.74, 6) is 5.03. The first-order valence-electron chi connectivity index (χ1n) is 2.57. The minimum Gasteiger partial charge on any atom is -0.322 e. The maximum Gasteiger partial charge on any atom is 0.168 e. The van der Waals surface area contributed by atoms with Crippen molar-refractivity contribution in [1.29, 1.82) is 0 Å². The second kappa shape index (κ2) is 3.17. The Morgan fingerprint density at radius 3 is 3.10 bits per heavy atom. The van der Waals surface area contributed by atoms with Gasteiger partial charge in [-0.25, -0.2) is 0 Å². The lowest BCUT2D eigenvalue weighted by molar-refractivity contribution is 1.24. The molecule has 0 saturated heterocycles. The number of hydrogen-bond donors (Lipinski definition) is 1. The van der Waals surface area contributed by atoms with E-state index in [4.69, 9.17) is 5.84 Å². The molecule has 0 radical (unpaired) electrons. The van der Waals surface area contributed by atoms with E-state index in [1.165, 1.54) is 0 Å². The van der Waals surface area contributed by atoms with Gasteiger partial charge < -0.3 is 5.84 Å². The van der Waals surface area contributed by atoms with Gasteiger partial charge in [0, 0.05) is 0 Å². The smallest absolute Gasteiger partial charge is 0.168 e. The van der Waals surface area contributed by atoms with Crippen LogP contribution in [0.2, 0.25) is 0 Å². The lowest BCUT2D eigenvalue weighted by Gasteiger charge is -1.86. The van der Waals surface area contributed by atoms with Crippen LogP contribution < -0.4 is 5.84 Å². The standard InChI is InChI=1S/C5H6N4S/c1-2-3-4-5(7-6)10-9-8-4/h2-3H,1,6H2/b4-3+,7-5+. The van der Waals surface area contributed by atoms with Crippen LogP contribution in [0, 0.1) is 0 Å². The number of nitrogens with zero attached hydrogens (tertiary/aromatic N) is 3. The molecule has 0 unspecified atom stereocenters. The molecule has 0 spiro atoms. The van der Waals surface area contributed by atoms with E-state index in [2.05, 4.69) is 21.3 Å². The van der Waals surface area contributed by atoms with Crippen molar-refractivity contribution < 1.29 is 0 Å². The summed E-state index contributed by atoms with van der Waals surface area (Å²) in [6, 6.07) is 0. The Hall–Kier alpha value is -1.10. The van der Waals surface area contributed by atoms with E-state index in [0.29, 0.717) is 10.7 Å². The van der Waals surface area contributed by atoms with E-state index in [0.717, 1.165) is 11.9 Å². The van der Waals surface area contributed by atoms with Crippen LogP contribution >= 0.6 is 11.9 Å². The van der Waals surface area contributed by atoms with Crippen LogP contribution in [-0.4, -0.2) is 5.04 Å². The molecule has 1 heterocycles. The SMILES string of the molecule is C=C/C=C1/N=NS/C1=N/N. The predicted octanol–water partition coefficient (Wildman–Crippen LogP) is 1.44. The molecular formula is C5H6N4S. The first-order chi connectivity index (χ1) is 4.88. The van der Waals surface area contributed by atoms with Crippen molar-refractivity contribution >= 4 is 17.0 Å². The fraction of sp³-hybridized carbons (Fsp3) is 0. The average Bonchev–Trinajstić information content (AvgIpc) is 2.36. The van der Waals surface area contributed by atoms with Gasteiger partial charge >= 0.3 is 0 Å². The number of rotatable bonds is 1. The molecule has 0 atom stereocenters. The second-order valence-corrected chi connectivity index (χ2v) is 2.23. The maximum absolute atomic E-state index is 5.03. The maximum atomic E-state index is 5.03. The average molecular weight is 154 g/mol. The van der Waals surface area contributed by atoms with Crippen molar-refractivity contribution in [3.63, 3.8) is 0 Å². The second-order valence-electron chi connectivity index (χ2n) is 1.49. The van der Waals surface area contributed by atoms with Gasteiger partial charge in [0.15, 0.2) is 5.04 Å². The molecule has 52 valence electrons. The number of hydrogen-bond acceptors (Lipinski definition) is 5. The zero-order valence-electron chi connectivity index (χ0n) is 5.19. The van der Waals surface area contributed by atoms with E-state index in [1.807, 2.05) is 0 Å². The summed E-state index contributed by atoms with van der Waals surface area (Å²) < 4.78 is 3.65. The molecule has 0 bridgehead atoms. The fourth-order valence-corrected chi connectivity index (χ4v) is 0.954. The van der Waals surface area contributed by atoms with E-state index < -0.39 is 0 Å². The van der Waals surface area contributed by atoms with E-state index in [-0.39, 0.29) is 0 Å². The van der Waals surface area contributed by atoms with Crippen LogP contribution in [0.15, 0.2) is 39.2 Å². The summed E-state index contributed by atoms with van der Waals surface area (Å²) in [7, 11) is 0. The lowest BCUT2D eigenvalue weighted by Crippen LogP contribution is -1.93. The molecular weight excluding hydrogens is 148 g/mol. The van der Waals surface area contributed by atoms with Crippen LogP contribution in [0.3, 0.4) is 0 Å². The summed E-state index contributed by atoms with van der Waals surface area (Å²) in [6.07, 6.45) is 3.32. The minimum atomic E-state index is 0.625. The highest BCUT2D eigenvalue weighted by molar-refractivity contribution is 8.13. The van der Waals surface area contributed by atoms with E-state index in [1.54, 1.807) is 12.2 Å². The molecule has 5 heteroatoms. The van der Waals surface area contributed by atoms with Gasteiger partial charge in [0.2, 0.25) is 0 Å². The fourth-order valence-electron chi connectivity index (χ4n) is 0.499. The third-order valence-corrected chi connectivity index (χ3v) is 1.54. The van der Waals surface area contributed by atoms with Crippen molar-refractivity contribution in [1.82, 2.24) is 0 Å². The molecule has 0 aliphatic carbocycles. The molecule has 0 aromatic rings. The Labute approximate surface area is 62.7 Å². The summed E-state index contributed by atoms with van der Waals surface area (Å²) in [5.41, 5.74) is 0.669. The summed E-state index contributed by atoms with van der Waals surface area (Å²) >= 11 is 1.16. The highest BCUT2D eigenvalue weighted by atomic mass is 32.2. The zero-order chi connectivity index (χ0) is 7.40. The van der Waals surface area contributed by atoms with E-state index in [9.17, 15) is 0 Å². The quantitative estimate of drug-likeness (QED) is 0.353. The zero-order valence-corrected chi connectivity index (χ0v) is 6.01. The molecule has 1 aliphatic rings. The molecule has 1 aliphatic heterocycles. The Morgan fingerprint density at radius 1 is 1.70 bits per heavy atom. The molecule has 0 saturated carbocycles. The lowest BCUT2D eigenvalue weighted by atomic mass is 10.4. The Kier molecular flexibility index (Phi) is 2.22. The van der Waals surface area contributed by atoms with Crippen molar-refractivity contribution in [3.05, 3.63) is 24.4 Å².